The third kappa shape index (κ3) is 4.94. The zero-order valence-corrected chi connectivity index (χ0v) is 12.1. The van der Waals surface area contributed by atoms with Crippen molar-refractivity contribution in [2.45, 2.75) is 6.42 Å². The molecular formula is C14H19NO4S. The molecule has 1 heterocycles. The molecule has 1 aliphatic heterocycles. The van der Waals surface area contributed by atoms with Crippen molar-refractivity contribution in [1.82, 2.24) is 4.90 Å². The van der Waals surface area contributed by atoms with E-state index in [-0.39, 0.29) is 6.42 Å². The highest BCUT2D eigenvalue weighted by Gasteiger charge is 2.14. The predicted octanol–water partition coefficient (Wildman–Crippen LogP) is 0.757. The van der Waals surface area contributed by atoms with Crippen LogP contribution in [0.3, 0.4) is 0 Å². The summed E-state index contributed by atoms with van der Waals surface area (Å²) < 4.78 is 16.9. The van der Waals surface area contributed by atoms with Gasteiger partial charge in [-0.05, 0) is 17.7 Å². The molecule has 0 saturated carbocycles. The Balaban J connectivity index is 1.71. The molecule has 1 aromatic rings. The summed E-state index contributed by atoms with van der Waals surface area (Å²) in [5.41, 5.74) is 0.767. The molecule has 2 rings (SSSR count). The summed E-state index contributed by atoms with van der Waals surface area (Å²) in [7, 11) is -0.641. The second-order valence-electron chi connectivity index (χ2n) is 4.75. The summed E-state index contributed by atoms with van der Waals surface area (Å²) >= 11 is 0. The standard InChI is InChI=1S/C14H19NO4S/c16-14(17)11-12-1-3-13(4-2-12)19-8-5-15-6-9-20(18)10-7-15/h1-4H,5-11H2,(H,16,17). The number of hydrogen-bond donors (Lipinski definition) is 1. The van der Waals surface area contributed by atoms with Gasteiger partial charge in [0.15, 0.2) is 0 Å². The topological polar surface area (TPSA) is 66.8 Å². The maximum Gasteiger partial charge on any atom is 0.307 e. The molecule has 1 aliphatic rings. The van der Waals surface area contributed by atoms with Crippen LogP contribution in [0.5, 0.6) is 5.75 Å². The van der Waals surface area contributed by atoms with E-state index in [9.17, 15) is 9.00 Å². The number of benzene rings is 1. The van der Waals surface area contributed by atoms with Crippen LogP contribution in [0.4, 0.5) is 0 Å². The van der Waals surface area contributed by atoms with E-state index in [0.717, 1.165) is 42.5 Å². The Labute approximate surface area is 121 Å². The van der Waals surface area contributed by atoms with Gasteiger partial charge in [-0.1, -0.05) is 12.1 Å². The number of aliphatic carboxylic acids is 1. The third-order valence-electron chi connectivity index (χ3n) is 3.23. The normalized spacial score (nSPS) is 17.0. The SMILES string of the molecule is O=C(O)Cc1ccc(OCCN2CCS(=O)CC2)cc1. The van der Waals surface area contributed by atoms with Gasteiger partial charge in [0.1, 0.15) is 12.4 Å². The lowest BCUT2D eigenvalue weighted by Gasteiger charge is -2.25. The van der Waals surface area contributed by atoms with Crippen LogP contribution >= 0.6 is 0 Å². The lowest BCUT2D eigenvalue weighted by molar-refractivity contribution is -0.136. The van der Waals surface area contributed by atoms with Crippen molar-refractivity contribution in [3.63, 3.8) is 0 Å². The van der Waals surface area contributed by atoms with Crippen molar-refractivity contribution < 1.29 is 18.8 Å². The van der Waals surface area contributed by atoms with Crippen molar-refractivity contribution in [2.24, 2.45) is 0 Å². The monoisotopic (exact) mass is 297 g/mol. The Bertz CT molecular complexity index is 465. The highest BCUT2D eigenvalue weighted by atomic mass is 32.2. The van der Waals surface area contributed by atoms with Gasteiger partial charge in [0.05, 0.1) is 6.42 Å². The number of ether oxygens (including phenoxy) is 1. The zero-order chi connectivity index (χ0) is 14.4. The van der Waals surface area contributed by atoms with Crippen LogP contribution in [-0.4, -0.2) is 57.9 Å². The van der Waals surface area contributed by atoms with Crippen LogP contribution in [0.1, 0.15) is 5.56 Å². The average Bonchev–Trinajstić information content (AvgIpc) is 2.42. The molecular weight excluding hydrogens is 278 g/mol. The quantitative estimate of drug-likeness (QED) is 0.839. The van der Waals surface area contributed by atoms with E-state index in [1.165, 1.54) is 0 Å². The lowest BCUT2D eigenvalue weighted by Crippen LogP contribution is -2.39. The lowest BCUT2D eigenvalue weighted by atomic mass is 10.1. The smallest absolute Gasteiger partial charge is 0.307 e. The maximum absolute atomic E-state index is 11.2. The van der Waals surface area contributed by atoms with Gasteiger partial charge in [0, 0.05) is 41.9 Å². The van der Waals surface area contributed by atoms with Gasteiger partial charge < -0.3 is 9.84 Å². The molecule has 0 spiro atoms. The molecule has 0 aliphatic carbocycles. The molecule has 0 bridgehead atoms. The Morgan fingerprint density at radius 2 is 1.90 bits per heavy atom. The third-order valence-corrected chi connectivity index (χ3v) is 4.50. The summed E-state index contributed by atoms with van der Waals surface area (Å²) in [6.07, 6.45) is 0.0329. The summed E-state index contributed by atoms with van der Waals surface area (Å²) in [4.78, 5) is 12.8. The van der Waals surface area contributed by atoms with Gasteiger partial charge >= 0.3 is 5.97 Å². The number of rotatable bonds is 6. The van der Waals surface area contributed by atoms with E-state index in [4.69, 9.17) is 9.84 Å². The fourth-order valence-electron chi connectivity index (χ4n) is 2.07. The highest BCUT2D eigenvalue weighted by Crippen LogP contribution is 2.12. The van der Waals surface area contributed by atoms with E-state index in [2.05, 4.69) is 4.90 Å². The van der Waals surface area contributed by atoms with Crippen LogP contribution < -0.4 is 4.74 Å². The van der Waals surface area contributed by atoms with Crippen molar-refractivity contribution >= 4 is 16.8 Å². The molecule has 0 radical (unpaired) electrons. The Hall–Kier alpha value is -1.40. The number of carboxylic acid groups (broad SMARTS) is 1. The van der Waals surface area contributed by atoms with Crippen molar-refractivity contribution in [3.8, 4) is 5.75 Å². The number of nitrogens with zero attached hydrogens (tertiary/aromatic N) is 1. The van der Waals surface area contributed by atoms with E-state index in [0.29, 0.717) is 6.61 Å². The van der Waals surface area contributed by atoms with E-state index < -0.39 is 16.8 Å². The first-order valence-electron chi connectivity index (χ1n) is 6.64. The molecule has 0 aromatic heterocycles. The largest absolute Gasteiger partial charge is 0.492 e. The molecule has 110 valence electrons. The van der Waals surface area contributed by atoms with Gasteiger partial charge in [-0.2, -0.15) is 0 Å². The van der Waals surface area contributed by atoms with E-state index >= 15 is 0 Å². The molecule has 1 N–H and O–H groups in total. The molecule has 20 heavy (non-hydrogen) atoms. The van der Waals surface area contributed by atoms with Crippen LogP contribution in [-0.2, 0) is 22.0 Å². The van der Waals surface area contributed by atoms with Crippen LogP contribution in [0.25, 0.3) is 0 Å². The molecule has 1 fully saturated rings. The first-order chi connectivity index (χ1) is 9.63. The van der Waals surface area contributed by atoms with Crippen molar-refractivity contribution in [3.05, 3.63) is 29.8 Å². The zero-order valence-electron chi connectivity index (χ0n) is 11.3. The summed E-state index contributed by atoms with van der Waals surface area (Å²) in [6.45, 7) is 3.15. The molecule has 0 atom stereocenters. The maximum atomic E-state index is 11.2. The van der Waals surface area contributed by atoms with Gasteiger partial charge in [-0.25, -0.2) is 0 Å². The fourth-order valence-corrected chi connectivity index (χ4v) is 3.20. The van der Waals surface area contributed by atoms with Gasteiger partial charge in [0.25, 0.3) is 0 Å². The minimum atomic E-state index is -0.832. The number of carbonyl (C=O) groups is 1. The van der Waals surface area contributed by atoms with Crippen molar-refractivity contribution in [1.29, 1.82) is 0 Å². The van der Waals surface area contributed by atoms with Crippen LogP contribution in [0, 0.1) is 0 Å². The van der Waals surface area contributed by atoms with Crippen LogP contribution in [0.2, 0.25) is 0 Å². The molecule has 1 aromatic carbocycles. The second kappa shape index (κ2) is 7.40. The summed E-state index contributed by atoms with van der Waals surface area (Å²) in [5, 5.41) is 8.68. The number of carboxylic acids is 1. The fraction of sp³-hybridized carbons (Fsp3) is 0.500. The van der Waals surface area contributed by atoms with Crippen molar-refractivity contribution in [2.75, 3.05) is 37.7 Å². The van der Waals surface area contributed by atoms with Gasteiger partial charge in [0.2, 0.25) is 0 Å². The Kier molecular flexibility index (Phi) is 5.55. The summed E-state index contributed by atoms with van der Waals surface area (Å²) in [6, 6.07) is 7.13. The highest BCUT2D eigenvalue weighted by molar-refractivity contribution is 7.85. The van der Waals surface area contributed by atoms with E-state index in [1.54, 1.807) is 24.3 Å². The average molecular weight is 297 g/mol. The van der Waals surface area contributed by atoms with Crippen LogP contribution in [0.15, 0.2) is 24.3 Å². The first kappa shape index (κ1) is 15.0. The molecule has 6 heteroatoms. The second-order valence-corrected chi connectivity index (χ2v) is 6.45. The number of hydrogen-bond acceptors (Lipinski definition) is 4. The van der Waals surface area contributed by atoms with E-state index in [1.807, 2.05) is 0 Å². The molecule has 1 saturated heterocycles. The molecule has 0 amide bonds. The molecule has 5 nitrogen and oxygen atoms in total. The van der Waals surface area contributed by atoms with Gasteiger partial charge in [-0.3, -0.25) is 13.9 Å². The van der Waals surface area contributed by atoms with Gasteiger partial charge in [-0.15, -0.1) is 0 Å². The molecule has 0 unspecified atom stereocenters. The minimum absolute atomic E-state index is 0.0329. The minimum Gasteiger partial charge on any atom is -0.492 e. The Morgan fingerprint density at radius 3 is 2.50 bits per heavy atom. The Morgan fingerprint density at radius 1 is 1.25 bits per heavy atom. The predicted molar refractivity (Wildman–Crippen MR) is 77.6 cm³/mol. The first-order valence-corrected chi connectivity index (χ1v) is 8.13. The summed E-state index contributed by atoms with van der Waals surface area (Å²) in [5.74, 6) is 1.43.